The van der Waals surface area contributed by atoms with Crippen LogP contribution in [0, 0.1) is 41.5 Å². The van der Waals surface area contributed by atoms with Gasteiger partial charge in [0.05, 0.1) is 14.2 Å². The Morgan fingerprint density at radius 2 is 0.875 bits per heavy atom. The van der Waals surface area contributed by atoms with Crippen molar-refractivity contribution >= 4 is 24.1 Å². The number of ether oxygens (including phenoxy) is 2. The Bertz CT molecular complexity index is 1590. The first-order valence-electron chi connectivity index (χ1n) is 15.7. The molecule has 2 aromatic rings. The SMILES string of the molecule is COc1cc(C)c(/C=C/C(C)=C/C=C/C(C)=C/C(=O)O)c(C)c1C.COc1cc(C)c(/C=C/C(C)=C/C=C/C(C)=C/C(=O)O)c(C)c1C. The highest BCUT2D eigenvalue weighted by Gasteiger charge is 2.09. The minimum atomic E-state index is -0.932. The fourth-order valence-electron chi connectivity index (χ4n) is 4.80. The van der Waals surface area contributed by atoms with E-state index in [4.69, 9.17) is 19.7 Å². The first-order chi connectivity index (χ1) is 22.5. The fraction of sp³-hybridized carbons (Fsp3) is 0.286. The zero-order valence-corrected chi connectivity index (χ0v) is 30.6. The number of hydrogen-bond acceptors (Lipinski definition) is 4. The number of hydrogen-bond donors (Lipinski definition) is 2. The Kier molecular flexibility index (Phi) is 17.2. The molecule has 0 aliphatic carbocycles. The maximum absolute atomic E-state index is 10.6. The maximum atomic E-state index is 10.6. The summed E-state index contributed by atoms with van der Waals surface area (Å²) in [7, 11) is 3.38. The van der Waals surface area contributed by atoms with E-state index in [0.717, 1.165) is 33.8 Å². The number of benzene rings is 2. The second-order valence-corrected chi connectivity index (χ2v) is 11.8. The third-order valence-electron chi connectivity index (χ3n) is 7.82. The molecule has 6 nitrogen and oxygen atoms in total. The van der Waals surface area contributed by atoms with Crippen LogP contribution < -0.4 is 9.47 Å². The average Bonchev–Trinajstić information content (AvgIpc) is 3.00. The smallest absolute Gasteiger partial charge is 0.328 e. The molecule has 0 aromatic heterocycles. The molecule has 0 saturated carbocycles. The Balaban J connectivity index is 0.000000480. The van der Waals surface area contributed by atoms with Crippen LogP contribution in [0.4, 0.5) is 0 Å². The van der Waals surface area contributed by atoms with Gasteiger partial charge in [0.2, 0.25) is 0 Å². The molecule has 0 unspecified atom stereocenters. The van der Waals surface area contributed by atoms with E-state index in [1.54, 1.807) is 40.2 Å². The van der Waals surface area contributed by atoms with E-state index in [2.05, 4.69) is 78.0 Å². The molecule has 0 fully saturated rings. The summed E-state index contributed by atoms with van der Waals surface area (Å²) in [4.78, 5) is 21.1. The largest absolute Gasteiger partial charge is 0.496 e. The summed E-state index contributed by atoms with van der Waals surface area (Å²) >= 11 is 0. The molecule has 0 aliphatic rings. The van der Waals surface area contributed by atoms with E-state index < -0.39 is 11.9 Å². The van der Waals surface area contributed by atoms with E-state index in [9.17, 15) is 9.59 Å². The van der Waals surface area contributed by atoms with Gasteiger partial charge < -0.3 is 19.7 Å². The average molecular weight is 653 g/mol. The van der Waals surface area contributed by atoms with Gasteiger partial charge in [-0.05, 0) is 137 Å². The van der Waals surface area contributed by atoms with Crippen LogP contribution in [-0.2, 0) is 9.59 Å². The van der Waals surface area contributed by atoms with Crippen molar-refractivity contribution in [2.75, 3.05) is 14.2 Å². The molecule has 0 amide bonds. The van der Waals surface area contributed by atoms with Crippen molar-refractivity contribution in [3.05, 3.63) is 140 Å². The van der Waals surface area contributed by atoms with Crippen molar-refractivity contribution in [3.63, 3.8) is 0 Å². The normalized spacial score (nSPS) is 13.1. The Labute approximate surface area is 287 Å². The molecule has 2 aromatic carbocycles. The number of carbonyl (C=O) groups is 2. The summed E-state index contributed by atoms with van der Waals surface area (Å²) in [5.41, 5.74) is 13.1. The fourth-order valence-corrected chi connectivity index (χ4v) is 4.80. The monoisotopic (exact) mass is 652 g/mol. The molecule has 0 saturated heterocycles. The molecule has 0 aliphatic heterocycles. The van der Waals surface area contributed by atoms with Crippen molar-refractivity contribution in [1.29, 1.82) is 0 Å². The molecule has 0 heterocycles. The standard InChI is InChI=1S/2C21H26O3/c2*1-14(8-7-9-15(2)12-21(22)23)10-11-19-16(3)13-20(24-6)18(5)17(19)4/h2*7-13H,1-6H3,(H,22,23)/b2*9-7+,11-10+,14-8+,15-12+. The van der Waals surface area contributed by atoms with Crippen LogP contribution in [0.1, 0.15) is 72.2 Å². The van der Waals surface area contributed by atoms with Crippen LogP contribution in [0.2, 0.25) is 0 Å². The predicted octanol–water partition coefficient (Wildman–Crippen LogP) is 10.3. The number of rotatable bonds is 12. The van der Waals surface area contributed by atoms with Crippen molar-refractivity contribution in [2.45, 2.75) is 69.2 Å². The van der Waals surface area contributed by atoms with Crippen LogP contribution in [0.25, 0.3) is 12.2 Å². The third-order valence-corrected chi connectivity index (χ3v) is 7.82. The molecule has 0 atom stereocenters. The number of aliphatic carboxylic acids is 2. The van der Waals surface area contributed by atoms with E-state index in [0.29, 0.717) is 11.1 Å². The van der Waals surface area contributed by atoms with E-state index in [1.807, 2.05) is 38.2 Å². The maximum Gasteiger partial charge on any atom is 0.328 e. The van der Waals surface area contributed by atoms with Crippen molar-refractivity contribution in [1.82, 2.24) is 0 Å². The first-order valence-corrected chi connectivity index (χ1v) is 15.7. The Morgan fingerprint density at radius 1 is 0.542 bits per heavy atom. The highest BCUT2D eigenvalue weighted by atomic mass is 16.5. The van der Waals surface area contributed by atoms with Crippen LogP contribution in [0.5, 0.6) is 11.5 Å². The summed E-state index contributed by atoms with van der Waals surface area (Å²) < 4.78 is 10.8. The number of carboxylic acid groups (broad SMARTS) is 2. The number of allylic oxidation sites excluding steroid dienone is 12. The molecule has 0 spiro atoms. The Hall–Kier alpha value is -5.10. The highest BCUT2D eigenvalue weighted by Crippen LogP contribution is 2.29. The summed E-state index contributed by atoms with van der Waals surface area (Å²) in [6.07, 6.45) is 21.9. The lowest BCUT2D eigenvalue weighted by molar-refractivity contribution is -0.132. The van der Waals surface area contributed by atoms with Crippen molar-refractivity contribution < 1.29 is 29.3 Å². The lowest BCUT2D eigenvalue weighted by Crippen LogP contribution is -1.95. The summed E-state index contributed by atoms with van der Waals surface area (Å²) in [6, 6.07) is 4.11. The second-order valence-electron chi connectivity index (χ2n) is 11.8. The number of methoxy groups -OCH3 is 2. The van der Waals surface area contributed by atoms with Crippen molar-refractivity contribution in [3.8, 4) is 11.5 Å². The lowest BCUT2D eigenvalue weighted by atomic mass is 9.96. The molecule has 256 valence electrons. The Morgan fingerprint density at radius 3 is 1.17 bits per heavy atom. The lowest BCUT2D eigenvalue weighted by Gasteiger charge is -2.13. The zero-order chi connectivity index (χ0) is 36.6. The van der Waals surface area contributed by atoms with Crippen LogP contribution in [-0.4, -0.2) is 36.4 Å². The molecular weight excluding hydrogens is 600 g/mol. The minimum absolute atomic E-state index is 0.702. The van der Waals surface area contributed by atoms with Gasteiger partial charge in [-0.1, -0.05) is 71.9 Å². The van der Waals surface area contributed by atoms with Crippen molar-refractivity contribution in [2.24, 2.45) is 0 Å². The van der Waals surface area contributed by atoms with Gasteiger partial charge in [0.15, 0.2) is 0 Å². The van der Waals surface area contributed by atoms with Crippen LogP contribution in [0.3, 0.4) is 0 Å². The molecular formula is C42H52O6. The van der Waals surface area contributed by atoms with Crippen LogP contribution in [0.15, 0.2) is 95.2 Å². The molecule has 2 N–H and O–H groups in total. The van der Waals surface area contributed by atoms with Gasteiger partial charge in [0.1, 0.15) is 11.5 Å². The summed E-state index contributed by atoms with van der Waals surface area (Å²) in [5.74, 6) is -0.0340. The molecule has 0 bridgehead atoms. The summed E-state index contributed by atoms with van der Waals surface area (Å²) in [6.45, 7) is 20.0. The van der Waals surface area contributed by atoms with Gasteiger partial charge in [-0.15, -0.1) is 0 Å². The topological polar surface area (TPSA) is 93.1 Å². The molecule has 6 heteroatoms. The second kappa shape index (κ2) is 20.2. The first kappa shape index (κ1) is 40.9. The quantitative estimate of drug-likeness (QED) is 0.175. The van der Waals surface area contributed by atoms with Gasteiger partial charge in [0.25, 0.3) is 0 Å². The third kappa shape index (κ3) is 13.7. The summed E-state index contributed by atoms with van der Waals surface area (Å²) in [5, 5.41) is 17.3. The van der Waals surface area contributed by atoms with Gasteiger partial charge in [-0.3, -0.25) is 0 Å². The van der Waals surface area contributed by atoms with Gasteiger partial charge in [0, 0.05) is 12.2 Å². The zero-order valence-electron chi connectivity index (χ0n) is 30.6. The number of aryl methyl sites for hydroxylation is 2. The molecule has 2 rings (SSSR count). The van der Waals surface area contributed by atoms with Gasteiger partial charge in [-0.2, -0.15) is 0 Å². The number of carboxylic acids is 2. The van der Waals surface area contributed by atoms with Crippen LogP contribution >= 0.6 is 0 Å². The van der Waals surface area contributed by atoms with Gasteiger partial charge in [-0.25, -0.2) is 9.59 Å². The predicted molar refractivity (Wildman–Crippen MR) is 201 cm³/mol. The molecule has 0 radical (unpaired) electrons. The van der Waals surface area contributed by atoms with E-state index >= 15 is 0 Å². The highest BCUT2D eigenvalue weighted by molar-refractivity contribution is 5.81. The van der Waals surface area contributed by atoms with Gasteiger partial charge >= 0.3 is 11.9 Å². The van der Waals surface area contributed by atoms with E-state index in [1.165, 1.54) is 45.5 Å². The molecule has 48 heavy (non-hydrogen) atoms. The van der Waals surface area contributed by atoms with E-state index in [-0.39, 0.29) is 0 Å². The minimum Gasteiger partial charge on any atom is -0.496 e.